The zero-order valence-corrected chi connectivity index (χ0v) is 33.9. The summed E-state index contributed by atoms with van der Waals surface area (Å²) in [5.41, 5.74) is 15.1. The van der Waals surface area contributed by atoms with Gasteiger partial charge in [-0.25, -0.2) is 4.99 Å². The van der Waals surface area contributed by atoms with Gasteiger partial charge in [-0.2, -0.15) is 0 Å². The van der Waals surface area contributed by atoms with Gasteiger partial charge in [-0.05, 0) is 99.1 Å². The highest BCUT2D eigenvalue weighted by Crippen LogP contribution is 2.38. The molecular formula is C57H41N5. The first-order chi connectivity index (χ1) is 30.7. The van der Waals surface area contributed by atoms with Crippen LogP contribution in [-0.2, 0) is 0 Å². The van der Waals surface area contributed by atoms with E-state index in [9.17, 15) is 0 Å². The quantitative estimate of drug-likeness (QED) is 0.176. The molecule has 9 aromatic carbocycles. The van der Waals surface area contributed by atoms with Crippen LogP contribution in [0.4, 0.5) is 0 Å². The number of rotatable bonds is 6. The lowest BCUT2D eigenvalue weighted by Gasteiger charge is -2.32. The summed E-state index contributed by atoms with van der Waals surface area (Å²) >= 11 is 0. The Morgan fingerprint density at radius 3 is 1.45 bits per heavy atom. The van der Waals surface area contributed by atoms with Gasteiger partial charge in [-0.15, -0.1) is 0 Å². The molecular weight excluding hydrogens is 755 g/mol. The summed E-state index contributed by atoms with van der Waals surface area (Å²) in [6, 6.07) is 80.6. The number of hydrogen-bond acceptors (Lipinski definition) is 3. The number of aliphatic imine (C=N–C) groups is 1. The molecule has 0 aliphatic carbocycles. The second kappa shape index (κ2) is 14.9. The van der Waals surface area contributed by atoms with Gasteiger partial charge >= 0.3 is 0 Å². The highest BCUT2D eigenvalue weighted by atomic mass is 15.4. The van der Waals surface area contributed by atoms with E-state index in [1.54, 1.807) is 0 Å². The van der Waals surface area contributed by atoms with Crippen molar-refractivity contribution in [2.45, 2.75) is 12.3 Å². The van der Waals surface area contributed by atoms with E-state index >= 15 is 0 Å². The maximum Gasteiger partial charge on any atom is 0.206 e. The van der Waals surface area contributed by atoms with E-state index in [1.807, 2.05) is 0 Å². The minimum Gasteiger partial charge on any atom is -0.336 e. The number of hydrogen-bond donors (Lipinski definition) is 2. The lowest BCUT2D eigenvalue weighted by atomic mass is 9.98. The van der Waals surface area contributed by atoms with E-state index in [1.165, 1.54) is 60.4 Å². The van der Waals surface area contributed by atoms with Crippen LogP contribution in [0.3, 0.4) is 0 Å². The summed E-state index contributed by atoms with van der Waals surface area (Å²) in [6.07, 6.45) is -0.483. The van der Waals surface area contributed by atoms with E-state index in [0.717, 1.165) is 39.4 Å². The van der Waals surface area contributed by atoms with Crippen molar-refractivity contribution in [3.8, 4) is 39.1 Å². The van der Waals surface area contributed by atoms with Gasteiger partial charge < -0.3 is 9.88 Å². The standard InChI is InChI=1S/C57H41N5/c1-4-15-38(16-5-1)39-27-29-40(30-28-39)42-19-14-20-45(35-42)56-58-55(41-17-6-2-7-18-41)59-57(60-56)62-52-26-13-11-24-48(52)50-37-44(32-34-54(50)62)43-31-33-53-49(36-43)47-23-10-12-25-51(47)61(53)46-21-8-3-9-22-46/h1-37,55-56,58H,(H,59,60). The summed E-state index contributed by atoms with van der Waals surface area (Å²) < 4.78 is 4.68. The molecule has 2 aromatic heterocycles. The molecule has 5 heteroatoms. The normalized spacial score (nSPS) is 15.3. The molecule has 1 aliphatic heterocycles. The van der Waals surface area contributed by atoms with Gasteiger partial charge in [0, 0.05) is 27.2 Å². The monoisotopic (exact) mass is 795 g/mol. The predicted octanol–water partition coefficient (Wildman–Crippen LogP) is 13.7. The average Bonchev–Trinajstić information content (AvgIpc) is 3.87. The second-order valence-corrected chi connectivity index (χ2v) is 16.1. The van der Waals surface area contributed by atoms with Crippen molar-refractivity contribution in [1.82, 2.24) is 19.8 Å². The van der Waals surface area contributed by atoms with E-state index < -0.39 is 0 Å². The Balaban J connectivity index is 0.960. The molecule has 2 atom stereocenters. The van der Waals surface area contributed by atoms with E-state index in [-0.39, 0.29) is 12.3 Å². The van der Waals surface area contributed by atoms with Gasteiger partial charge in [-0.1, -0.05) is 170 Å². The fraction of sp³-hybridized carbons (Fsp3) is 0.0351. The molecule has 2 unspecified atom stereocenters. The van der Waals surface area contributed by atoms with E-state index in [0.29, 0.717) is 0 Å². The third kappa shape index (κ3) is 6.18. The Morgan fingerprint density at radius 2 is 0.790 bits per heavy atom. The van der Waals surface area contributed by atoms with Crippen LogP contribution in [0.2, 0.25) is 0 Å². The van der Waals surface area contributed by atoms with Gasteiger partial charge in [0.1, 0.15) is 12.3 Å². The van der Waals surface area contributed by atoms with Crippen molar-refractivity contribution in [3.63, 3.8) is 0 Å². The van der Waals surface area contributed by atoms with Crippen LogP contribution in [-0.4, -0.2) is 15.1 Å². The third-order valence-electron chi connectivity index (χ3n) is 12.4. The van der Waals surface area contributed by atoms with Crippen LogP contribution in [0.1, 0.15) is 23.5 Å². The number of nitrogens with one attached hydrogen (secondary N) is 2. The average molecular weight is 796 g/mol. The Morgan fingerprint density at radius 1 is 0.339 bits per heavy atom. The van der Waals surface area contributed by atoms with E-state index in [2.05, 4.69) is 244 Å². The molecule has 11 aromatic rings. The SMILES string of the molecule is c1ccc(-c2ccc(-c3cccc(C4N=C(n5c6ccccc6c6cc(-c7ccc8c(c7)c7ccccc7n8-c7ccccc7)ccc65)NC(c5ccccc5)N4)c3)cc2)cc1. The Labute approximate surface area is 359 Å². The first kappa shape index (κ1) is 35.9. The van der Waals surface area contributed by atoms with Crippen molar-refractivity contribution in [2.24, 2.45) is 4.99 Å². The third-order valence-corrected chi connectivity index (χ3v) is 12.4. The number of para-hydroxylation sites is 3. The summed E-state index contributed by atoms with van der Waals surface area (Å²) in [5.74, 6) is 0.800. The summed E-state index contributed by atoms with van der Waals surface area (Å²) in [7, 11) is 0. The first-order valence-electron chi connectivity index (χ1n) is 21.3. The fourth-order valence-electron chi connectivity index (χ4n) is 9.41. The van der Waals surface area contributed by atoms with Crippen LogP contribution < -0.4 is 10.6 Å². The van der Waals surface area contributed by atoms with E-state index in [4.69, 9.17) is 4.99 Å². The lowest BCUT2D eigenvalue weighted by molar-refractivity contribution is 0.403. The molecule has 0 spiro atoms. The van der Waals surface area contributed by atoms with Gasteiger partial charge in [0.2, 0.25) is 5.96 Å². The molecule has 62 heavy (non-hydrogen) atoms. The molecule has 2 N–H and O–H groups in total. The van der Waals surface area contributed by atoms with Crippen LogP contribution in [0.15, 0.2) is 229 Å². The first-order valence-corrected chi connectivity index (χ1v) is 21.3. The Bertz CT molecular complexity index is 3460. The number of nitrogens with zero attached hydrogens (tertiary/aromatic N) is 3. The zero-order chi connectivity index (χ0) is 41.0. The van der Waals surface area contributed by atoms with Gasteiger partial charge in [-0.3, -0.25) is 9.88 Å². The fourth-order valence-corrected chi connectivity index (χ4v) is 9.41. The molecule has 0 bridgehead atoms. The zero-order valence-electron chi connectivity index (χ0n) is 33.9. The Hall–Kier alpha value is -7.99. The van der Waals surface area contributed by atoms with Crippen LogP contribution in [0.5, 0.6) is 0 Å². The molecule has 0 radical (unpaired) electrons. The maximum absolute atomic E-state index is 5.49. The molecule has 1 aliphatic rings. The molecule has 294 valence electrons. The summed E-state index contributed by atoms with van der Waals surface area (Å²) in [5, 5.41) is 12.5. The minimum atomic E-state index is -0.305. The Kier molecular flexibility index (Phi) is 8.65. The van der Waals surface area contributed by atoms with Crippen molar-refractivity contribution in [2.75, 3.05) is 0 Å². The topological polar surface area (TPSA) is 46.3 Å². The molecule has 0 fully saturated rings. The van der Waals surface area contributed by atoms with Crippen molar-refractivity contribution < 1.29 is 0 Å². The predicted molar refractivity (Wildman–Crippen MR) is 258 cm³/mol. The van der Waals surface area contributed by atoms with Gasteiger partial charge in [0.05, 0.1) is 22.1 Å². The smallest absolute Gasteiger partial charge is 0.206 e. The summed E-state index contributed by atoms with van der Waals surface area (Å²) in [6.45, 7) is 0. The van der Waals surface area contributed by atoms with Crippen LogP contribution in [0.25, 0.3) is 82.7 Å². The van der Waals surface area contributed by atoms with Crippen LogP contribution in [0, 0.1) is 0 Å². The molecule has 0 saturated carbocycles. The highest BCUT2D eigenvalue weighted by molar-refractivity contribution is 6.15. The van der Waals surface area contributed by atoms with Crippen molar-refractivity contribution in [3.05, 3.63) is 236 Å². The number of benzene rings is 9. The molecule has 3 heterocycles. The van der Waals surface area contributed by atoms with Gasteiger partial charge in [0.15, 0.2) is 0 Å². The molecule has 0 saturated heterocycles. The summed E-state index contributed by atoms with van der Waals surface area (Å²) in [4.78, 5) is 5.49. The largest absolute Gasteiger partial charge is 0.336 e. The lowest BCUT2D eigenvalue weighted by Crippen LogP contribution is -2.47. The van der Waals surface area contributed by atoms with Crippen LogP contribution >= 0.6 is 0 Å². The number of aromatic nitrogens is 2. The molecule has 5 nitrogen and oxygen atoms in total. The highest BCUT2D eigenvalue weighted by Gasteiger charge is 2.28. The second-order valence-electron chi connectivity index (χ2n) is 16.1. The molecule has 0 amide bonds. The van der Waals surface area contributed by atoms with Crippen molar-refractivity contribution >= 4 is 49.6 Å². The van der Waals surface area contributed by atoms with Crippen molar-refractivity contribution in [1.29, 1.82) is 0 Å². The maximum atomic E-state index is 5.49. The van der Waals surface area contributed by atoms with Gasteiger partial charge in [0.25, 0.3) is 0 Å². The number of fused-ring (bicyclic) bond motifs is 6. The molecule has 12 rings (SSSR count). The minimum absolute atomic E-state index is 0.178.